The van der Waals surface area contributed by atoms with Gasteiger partial charge in [0.15, 0.2) is 0 Å². The highest BCUT2D eigenvalue weighted by Gasteiger charge is 2.50. The molecule has 1 spiro atoms. The summed E-state index contributed by atoms with van der Waals surface area (Å²) in [5, 5.41) is 6.00. The van der Waals surface area contributed by atoms with E-state index in [1.807, 2.05) is 0 Å². The Morgan fingerprint density at radius 3 is 2.34 bits per heavy atom. The molecule has 0 bridgehead atoms. The second kappa shape index (κ2) is 7.85. The van der Waals surface area contributed by atoms with Gasteiger partial charge in [0.05, 0.1) is 30.2 Å². The molecule has 3 aliphatic rings. The lowest BCUT2D eigenvalue weighted by molar-refractivity contribution is -0.117. The first kappa shape index (κ1) is 20.9. The van der Waals surface area contributed by atoms with E-state index in [1.54, 1.807) is 17.3 Å². The van der Waals surface area contributed by atoms with Gasteiger partial charge in [0.2, 0.25) is 11.9 Å². The minimum absolute atomic E-state index is 0.0187. The van der Waals surface area contributed by atoms with Gasteiger partial charge in [-0.15, -0.1) is 0 Å². The number of nitrogens with one attached hydrogen (secondary N) is 2. The highest BCUT2D eigenvalue weighted by molar-refractivity contribution is 5.95. The monoisotopic (exact) mass is 434 g/mol. The number of urea groups is 1. The molecule has 32 heavy (non-hydrogen) atoms. The molecule has 1 aliphatic heterocycles. The molecule has 2 aromatic rings. The number of amides is 3. The molecular formula is C24H30N6O2. The first-order valence-electron chi connectivity index (χ1n) is 11.4. The predicted molar refractivity (Wildman–Crippen MR) is 122 cm³/mol. The van der Waals surface area contributed by atoms with Crippen LogP contribution in [0.5, 0.6) is 0 Å². The summed E-state index contributed by atoms with van der Waals surface area (Å²) in [7, 11) is 4.29. The van der Waals surface area contributed by atoms with Crippen molar-refractivity contribution >= 4 is 23.6 Å². The molecule has 2 aliphatic carbocycles. The van der Waals surface area contributed by atoms with Crippen molar-refractivity contribution in [3.63, 3.8) is 0 Å². The average molecular weight is 435 g/mol. The minimum Gasteiger partial charge on any atom is -0.330 e. The van der Waals surface area contributed by atoms with E-state index >= 15 is 0 Å². The third kappa shape index (κ3) is 3.72. The number of rotatable bonds is 5. The Bertz CT molecular complexity index is 995. The molecule has 2 heterocycles. The number of nitrogens with zero attached hydrogens (tertiary/aromatic N) is 4. The third-order valence-corrected chi connectivity index (χ3v) is 7.41. The first-order valence-corrected chi connectivity index (χ1v) is 11.4. The van der Waals surface area contributed by atoms with Crippen molar-refractivity contribution in [2.24, 2.45) is 5.92 Å². The van der Waals surface area contributed by atoms with Crippen LogP contribution in [0.1, 0.15) is 44.1 Å². The molecule has 5 rings (SSSR count). The van der Waals surface area contributed by atoms with Crippen molar-refractivity contribution < 1.29 is 9.59 Å². The molecule has 0 unspecified atom stereocenters. The maximum Gasteiger partial charge on any atom is 0.322 e. The van der Waals surface area contributed by atoms with Gasteiger partial charge in [0.1, 0.15) is 0 Å². The van der Waals surface area contributed by atoms with E-state index in [9.17, 15) is 9.59 Å². The summed E-state index contributed by atoms with van der Waals surface area (Å²) in [6.45, 7) is 0.598. The highest BCUT2D eigenvalue weighted by atomic mass is 16.2. The number of benzene rings is 1. The Balaban J connectivity index is 1.28. The molecule has 3 amide bonds. The van der Waals surface area contributed by atoms with Gasteiger partial charge in [0.25, 0.3) is 0 Å². The number of hydrogen-bond donors (Lipinski definition) is 2. The van der Waals surface area contributed by atoms with Gasteiger partial charge in [-0.25, -0.2) is 14.8 Å². The molecule has 0 atom stereocenters. The minimum atomic E-state index is -0.246. The molecule has 3 fully saturated rings. The number of anilines is 2. The van der Waals surface area contributed by atoms with Crippen molar-refractivity contribution in [3.05, 3.63) is 48.3 Å². The van der Waals surface area contributed by atoms with Crippen LogP contribution in [0, 0.1) is 5.92 Å². The molecule has 1 saturated heterocycles. The van der Waals surface area contributed by atoms with E-state index in [4.69, 9.17) is 0 Å². The Kier molecular flexibility index (Phi) is 5.12. The molecule has 1 aromatic heterocycles. The lowest BCUT2D eigenvalue weighted by Gasteiger charge is -2.48. The van der Waals surface area contributed by atoms with Gasteiger partial charge in [-0.05, 0) is 58.2 Å². The fraction of sp³-hybridized carbons (Fsp3) is 0.500. The SMILES string of the molecule is CN(C)C1(c2ccccc2)CCC2(CC1)CN(c1cnc(NC(=O)C3CC3)nc1)C(=O)N2. The first-order chi connectivity index (χ1) is 15.4. The summed E-state index contributed by atoms with van der Waals surface area (Å²) >= 11 is 0. The number of carbonyl (C=O) groups is 2. The standard InChI is InChI=1S/C24H30N6O2/c1-29(2)24(18-6-4-3-5-7-18)12-10-23(11-13-24)16-30(22(32)28-23)19-14-25-21(26-15-19)27-20(31)17-8-9-17/h3-7,14-15,17H,8-13,16H2,1-2H3,(H,28,32)(H,25,26,27,31). The van der Waals surface area contributed by atoms with E-state index in [0.717, 1.165) is 38.5 Å². The number of carbonyl (C=O) groups excluding carboxylic acids is 2. The van der Waals surface area contributed by atoms with E-state index in [0.29, 0.717) is 12.2 Å². The second-order valence-corrected chi connectivity index (χ2v) is 9.62. The summed E-state index contributed by atoms with van der Waals surface area (Å²) in [6, 6.07) is 10.6. The molecular weight excluding hydrogens is 404 g/mol. The summed E-state index contributed by atoms with van der Waals surface area (Å²) in [5.41, 5.74) is 1.72. The van der Waals surface area contributed by atoms with E-state index in [1.165, 1.54) is 5.56 Å². The number of aromatic nitrogens is 2. The third-order valence-electron chi connectivity index (χ3n) is 7.41. The zero-order valence-electron chi connectivity index (χ0n) is 18.7. The van der Waals surface area contributed by atoms with Gasteiger partial charge >= 0.3 is 6.03 Å². The fourth-order valence-corrected chi connectivity index (χ4v) is 5.17. The molecule has 0 radical (unpaired) electrons. The van der Waals surface area contributed by atoms with Crippen molar-refractivity contribution in [1.29, 1.82) is 0 Å². The smallest absolute Gasteiger partial charge is 0.322 e. The van der Waals surface area contributed by atoms with E-state index in [-0.39, 0.29) is 34.9 Å². The second-order valence-electron chi connectivity index (χ2n) is 9.62. The molecule has 8 heteroatoms. The largest absolute Gasteiger partial charge is 0.330 e. The lowest BCUT2D eigenvalue weighted by Crippen LogP contribution is -2.54. The molecule has 8 nitrogen and oxygen atoms in total. The summed E-state index contributed by atoms with van der Waals surface area (Å²) in [6.07, 6.45) is 8.84. The summed E-state index contributed by atoms with van der Waals surface area (Å²) in [4.78, 5) is 37.3. The van der Waals surface area contributed by atoms with Crippen LogP contribution in [0.3, 0.4) is 0 Å². The van der Waals surface area contributed by atoms with Crippen LogP contribution in [-0.4, -0.2) is 53.0 Å². The Labute approximate surface area is 188 Å². The highest BCUT2D eigenvalue weighted by Crippen LogP contribution is 2.46. The van der Waals surface area contributed by atoms with Gasteiger partial charge in [0, 0.05) is 11.5 Å². The van der Waals surface area contributed by atoms with Crippen molar-refractivity contribution in [2.45, 2.75) is 49.6 Å². The van der Waals surface area contributed by atoms with Crippen molar-refractivity contribution in [3.8, 4) is 0 Å². The van der Waals surface area contributed by atoms with Gasteiger partial charge < -0.3 is 5.32 Å². The van der Waals surface area contributed by atoms with Crippen LogP contribution in [0.4, 0.5) is 16.4 Å². The van der Waals surface area contributed by atoms with E-state index in [2.05, 4.69) is 69.9 Å². The van der Waals surface area contributed by atoms with Gasteiger partial charge in [-0.2, -0.15) is 0 Å². The Morgan fingerprint density at radius 1 is 1.09 bits per heavy atom. The fourth-order valence-electron chi connectivity index (χ4n) is 5.17. The van der Waals surface area contributed by atoms with Crippen LogP contribution in [-0.2, 0) is 10.3 Å². The Morgan fingerprint density at radius 2 is 1.75 bits per heavy atom. The summed E-state index contributed by atoms with van der Waals surface area (Å²) < 4.78 is 0. The molecule has 2 N–H and O–H groups in total. The van der Waals surface area contributed by atoms with Crippen LogP contribution in [0.2, 0.25) is 0 Å². The van der Waals surface area contributed by atoms with Crippen LogP contribution in [0.15, 0.2) is 42.7 Å². The maximum absolute atomic E-state index is 12.9. The lowest BCUT2D eigenvalue weighted by atomic mass is 9.69. The predicted octanol–water partition coefficient (Wildman–Crippen LogP) is 3.12. The van der Waals surface area contributed by atoms with Crippen molar-refractivity contribution in [2.75, 3.05) is 30.9 Å². The molecule has 1 aromatic carbocycles. The van der Waals surface area contributed by atoms with Gasteiger partial charge in [-0.3, -0.25) is 19.9 Å². The van der Waals surface area contributed by atoms with E-state index < -0.39 is 0 Å². The zero-order valence-corrected chi connectivity index (χ0v) is 18.7. The normalized spacial score (nSPS) is 27.6. The van der Waals surface area contributed by atoms with Crippen LogP contribution < -0.4 is 15.5 Å². The maximum atomic E-state index is 12.9. The van der Waals surface area contributed by atoms with Crippen molar-refractivity contribution in [1.82, 2.24) is 20.2 Å². The quantitative estimate of drug-likeness (QED) is 0.755. The molecule has 2 saturated carbocycles. The average Bonchev–Trinajstić information content (AvgIpc) is 3.60. The number of hydrogen-bond acceptors (Lipinski definition) is 5. The topological polar surface area (TPSA) is 90.5 Å². The van der Waals surface area contributed by atoms with Crippen LogP contribution >= 0.6 is 0 Å². The van der Waals surface area contributed by atoms with Gasteiger partial charge in [-0.1, -0.05) is 30.3 Å². The zero-order chi connectivity index (χ0) is 22.3. The molecule has 168 valence electrons. The Hall–Kier alpha value is -3.00. The van der Waals surface area contributed by atoms with Crippen LogP contribution in [0.25, 0.3) is 0 Å². The summed E-state index contributed by atoms with van der Waals surface area (Å²) in [5.74, 6) is 0.357.